The van der Waals surface area contributed by atoms with Crippen molar-refractivity contribution < 1.29 is 32.2 Å². The van der Waals surface area contributed by atoms with Crippen LogP contribution in [-0.4, -0.2) is 62.7 Å². The fourth-order valence-corrected chi connectivity index (χ4v) is 4.98. The molecular weight excluding hydrogens is 577 g/mol. The Hall–Kier alpha value is -4.78. The van der Waals surface area contributed by atoms with E-state index in [2.05, 4.69) is 15.3 Å². The zero-order valence-electron chi connectivity index (χ0n) is 25.1. The van der Waals surface area contributed by atoms with Crippen LogP contribution in [0.2, 0.25) is 0 Å². The predicted octanol–water partition coefficient (Wildman–Crippen LogP) is 5.64. The number of methoxy groups -OCH3 is 3. The molecule has 0 saturated heterocycles. The number of unbranched alkanes of at least 4 members (excludes halogenated alkanes) is 1. The first-order valence-electron chi connectivity index (χ1n) is 13.7. The van der Waals surface area contributed by atoms with Crippen LogP contribution in [0.5, 0.6) is 17.2 Å². The lowest BCUT2D eigenvalue weighted by molar-refractivity contribution is -0.137. The van der Waals surface area contributed by atoms with Gasteiger partial charge in [-0.3, -0.25) is 4.79 Å². The van der Waals surface area contributed by atoms with E-state index in [1.807, 2.05) is 19.0 Å². The maximum Gasteiger partial charge on any atom is 0.416 e. The molecule has 1 amide bonds. The minimum atomic E-state index is -4.67. The number of nitrogens with one attached hydrogen (secondary N) is 1. The molecule has 13 heteroatoms. The van der Waals surface area contributed by atoms with Crippen LogP contribution in [0.15, 0.2) is 42.6 Å². The standard InChI is InChI=1S/C31H35F3N6O4/c1-40(2)11-7-6-8-20-23(35)13-19(31(32,33)34)14-25(20)38-29(41)22-15-21(26(42-3)28(44-5)27(22)43-4)17-9-10-24-18(12-17)16-37-30(36)39-24/h9-10,12-16H,6-8,11,35H2,1-5H3,(H,38,41)(H2,36,37,39). The van der Waals surface area contributed by atoms with E-state index in [4.69, 9.17) is 25.7 Å². The van der Waals surface area contributed by atoms with Gasteiger partial charge in [-0.1, -0.05) is 6.07 Å². The Labute approximate surface area is 253 Å². The van der Waals surface area contributed by atoms with Gasteiger partial charge in [-0.25, -0.2) is 9.97 Å². The number of fused-ring (bicyclic) bond motifs is 1. The number of aromatic nitrogens is 2. The Bertz CT molecular complexity index is 1680. The molecule has 0 saturated carbocycles. The highest BCUT2D eigenvalue weighted by atomic mass is 19.4. The molecule has 5 N–H and O–H groups in total. The number of nitrogens with zero attached hydrogens (tertiary/aromatic N) is 3. The summed E-state index contributed by atoms with van der Waals surface area (Å²) in [7, 11) is 8.06. The quantitative estimate of drug-likeness (QED) is 0.145. The monoisotopic (exact) mass is 612 g/mol. The van der Waals surface area contributed by atoms with Crippen molar-refractivity contribution in [2.24, 2.45) is 0 Å². The smallest absolute Gasteiger partial charge is 0.416 e. The Balaban J connectivity index is 1.83. The lowest BCUT2D eigenvalue weighted by Gasteiger charge is -2.21. The fraction of sp³-hybridized carbons (Fsp3) is 0.323. The average Bonchev–Trinajstić information content (AvgIpc) is 2.97. The molecule has 0 spiro atoms. The number of nitrogen functional groups attached to an aromatic ring is 2. The topological polar surface area (TPSA) is 138 Å². The van der Waals surface area contributed by atoms with Gasteiger partial charge in [0.2, 0.25) is 11.7 Å². The number of ether oxygens (including phenoxy) is 3. The molecule has 1 heterocycles. The van der Waals surface area contributed by atoms with Gasteiger partial charge in [0.15, 0.2) is 11.5 Å². The molecule has 0 aliphatic rings. The van der Waals surface area contributed by atoms with E-state index < -0.39 is 17.6 Å². The summed E-state index contributed by atoms with van der Waals surface area (Å²) in [5.74, 6) is -0.162. The second-order valence-corrected chi connectivity index (χ2v) is 10.4. The zero-order chi connectivity index (χ0) is 32.2. The SMILES string of the molecule is COc1c(C(=O)Nc2cc(C(F)(F)F)cc(N)c2CCCCN(C)C)cc(-c2ccc3nc(N)ncc3c2)c(OC)c1OC. The molecule has 0 fully saturated rings. The number of carbonyl (C=O) groups excluding carboxylic acids is 1. The van der Waals surface area contributed by atoms with E-state index in [1.54, 1.807) is 24.4 Å². The molecule has 0 aliphatic heterocycles. The molecule has 0 unspecified atom stereocenters. The summed E-state index contributed by atoms with van der Waals surface area (Å²) >= 11 is 0. The van der Waals surface area contributed by atoms with Crippen molar-refractivity contribution in [3.8, 4) is 28.4 Å². The van der Waals surface area contributed by atoms with Crippen molar-refractivity contribution >= 4 is 34.1 Å². The summed E-state index contributed by atoms with van der Waals surface area (Å²) in [6, 6.07) is 8.62. The lowest BCUT2D eigenvalue weighted by Crippen LogP contribution is -2.18. The van der Waals surface area contributed by atoms with Crippen molar-refractivity contribution in [2.75, 3.05) is 58.8 Å². The minimum absolute atomic E-state index is 0.00310. The second kappa shape index (κ2) is 13.2. The predicted molar refractivity (Wildman–Crippen MR) is 164 cm³/mol. The summed E-state index contributed by atoms with van der Waals surface area (Å²) in [5.41, 5.74) is 12.9. The number of amides is 1. The molecule has 0 radical (unpaired) electrons. The summed E-state index contributed by atoms with van der Waals surface area (Å²) in [6.45, 7) is 0.794. The number of halogens is 3. The summed E-state index contributed by atoms with van der Waals surface area (Å²) in [6.07, 6.45) is -1.30. The first kappa shape index (κ1) is 32.1. The molecular formula is C31H35F3N6O4. The molecule has 44 heavy (non-hydrogen) atoms. The van der Waals surface area contributed by atoms with Crippen LogP contribution in [0.1, 0.15) is 34.3 Å². The van der Waals surface area contributed by atoms with Crippen molar-refractivity contribution in [1.82, 2.24) is 14.9 Å². The average molecular weight is 613 g/mol. The number of carbonyl (C=O) groups is 1. The van der Waals surface area contributed by atoms with E-state index in [0.29, 0.717) is 40.4 Å². The van der Waals surface area contributed by atoms with Crippen molar-refractivity contribution in [1.29, 1.82) is 0 Å². The van der Waals surface area contributed by atoms with Gasteiger partial charge >= 0.3 is 6.18 Å². The molecule has 3 aromatic carbocycles. The van der Waals surface area contributed by atoms with Gasteiger partial charge in [-0.2, -0.15) is 13.2 Å². The van der Waals surface area contributed by atoms with E-state index in [1.165, 1.54) is 27.4 Å². The maximum absolute atomic E-state index is 13.9. The fourth-order valence-electron chi connectivity index (χ4n) is 4.98. The Morgan fingerprint density at radius 2 is 1.66 bits per heavy atom. The minimum Gasteiger partial charge on any atom is -0.492 e. The van der Waals surface area contributed by atoms with E-state index in [-0.39, 0.29) is 40.1 Å². The van der Waals surface area contributed by atoms with Gasteiger partial charge < -0.3 is 35.9 Å². The number of hydrogen-bond acceptors (Lipinski definition) is 9. The van der Waals surface area contributed by atoms with Crippen LogP contribution in [0, 0.1) is 0 Å². The first-order valence-corrected chi connectivity index (χ1v) is 13.7. The van der Waals surface area contributed by atoms with E-state index in [0.717, 1.165) is 25.1 Å². The highest BCUT2D eigenvalue weighted by molar-refractivity contribution is 6.09. The summed E-state index contributed by atoms with van der Waals surface area (Å²) < 4.78 is 58.2. The van der Waals surface area contributed by atoms with E-state index >= 15 is 0 Å². The zero-order valence-corrected chi connectivity index (χ0v) is 25.1. The van der Waals surface area contributed by atoms with Gasteiger partial charge in [0.05, 0.1) is 38.0 Å². The molecule has 10 nitrogen and oxygen atoms in total. The van der Waals surface area contributed by atoms with Gasteiger partial charge in [0, 0.05) is 28.5 Å². The van der Waals surface area contributed by atoms with Crippen LogP contribution in [0.4, 0.5) is 30.5 Å². The van der Waals surface area contributed by atoms with Crippen LogP contribution >= 0.6 is 0 Å². The number of anilines is 3. The first-order chi connectivity index (χ1) is 20.9. The Kier molecular flexibility index (Phi) is 9.68. The van der Waals surface area contributed by atoms with Crippen LogP contribution < -0.4 is 31.0 Å². The Morgan fingerprint density at radius 1 is 0.955 bits per heavy atom. The number of alkyl halides is 3. The third kappa shape index (κ3) is 6.88. The highest BCUT2D eigenvalue weighted by Gasteiger charge is 2.33. The summed E-state index contributed by atoms with van der Waals surface area (Å²) in [5, 5.41) is 3.35. The third-order valence-electron chi connectivity index (χ3n) is 7.10. The third-order valence-corrected chi connectivity index (χ3v) is 7.10. The molecule has 0 atom stereocenters. The molecule has 234 valence electrons. The van der Waals surface area contributed by atoms with Crippen LogP contribution in [0.25, 0.3) is 22.0 Å². The number of rotatable bonds is 11. The number of nitrogens with two attached hydrogens (primary N) is 2. The van der Waals surface area contributed by atoms with Gasteiger partial charge in [0.25, 0.3) is 5.91 Å². The highest BCUT2D eigenvalue weighted by Crippen LogP contribution is 2.47. The van der Waals surface area contributed by atoms with Gasteiger partial charge in [-0.05, 0) is 81.4 Å². The number of hydrogen-bond donors (Lipinski definition) is 3. The molecule has 0 bridgehead atoms. The molecule has 1 aromatic heterocycles. The van der Waals surface area contributed by atoms with E-state index in [9.17, 15) is 18.0 Å². The van der Waals surface area contributed by atoms with Gasteiger partial charge in [0.1, 0.15) is 0 Å². The second-order valence-electron chi connectivity index (χ2n) is 10.4. The van der Waals surface area contributed by atoms with Gasteiger partial charge in [-0.15, -0.1) is 0 Å². The van der Waals surface area contributed by atoms with Crippen molar-refractivity contribution in [3.05, 3.63) is 59.3 Å². The lowest BCUT2D eigenvalue weighted by atomic mass is 9.97. The molecule has 0 aliphatic carbocycles. The van der Waals surface area contributed by atoms with Crippen LogP contribution in [-0.2, 0) is 12.6 Å². The largest absolute Gasteiger partial charge is 0.492 e. The van der Waals surface area contributed by atoms with Crippen LogP contribution in [0.3, 0.4) is 0 Å². The molecule has 4 rings (SSSR count). The summed E-state index contributed by atoms with van der Waals surface area (Å²) in [4.78, 5) is 24.2. The maximum atomic E-state index is 13.9. The number of benzene rings is 3. The van der Waals surface area contributed by atoms with Crippen molar-refractivity contribution in [2.45, 2.75) is 25.4 Å². The normalized spacial score (nSPS) is 11.6. The Morgan fingerprint density at radius 3 is 2.30 bits per heavy atom. The van der Waals surface area contributed by atoms with Crippen molar-refractivity contribution in [3.63, 3.8) is 0 Å². The molecule has 4 aromatic rings.